The number of amides is 1. The number of anilines is 1. The quantitative estimate of drug-likeness (QED) is 0.306. The fourth-order valence-corrected chi connectivity index (χ4v) is 5.55. The normalized spacial score (nSPS) is 13.8. The van der Waals surface area contributed by atoms with Crippen molar-refractivity contribution < 1.29 is 4.79 Å². The SMILES string of the molecule is CCCc1cc(C)[nH]c(=O)c1CN(C(=O)c1cc(-c2ccc(N3CCNCC3)nc2)cc2n[nH]c(C)c12)C(C)C. The third-order valence-corrected chi connectivity index (χ3v) is 7.68. The highest BCUT2D eigenvalue weighted by molar-refractivity contribution is 6.09. The zero-order valence-corrected chi connectivity index (χ0v) is 24.1. The maximum absolute atomic E-state index is 14.3. The van der Waals surface area contributed by atoms with Crippen LogP contribution in [0.3, 0.4) is 0 Å². The van der Waals surface area contributed by atoms with Crippen molar-refractivity contribution in [2.24, 2.45) is 0 Å². The summed E-state index contributed by atoms with van der Waals surface area (Å²) >= 11 is 0. The molecule has 1 amide bonds. The summed E-state index contributed by atoms with van der Waals surface area (Å²) in [4.78, 5) is 39.1. The van der Waals surface area contributed by atoms with Crippen LogP contribution in [0, 0.1) is 13.8 Å². The number of nitrogens with one attached hydrogen (secondary N) is 3. The molecule has 9 heteroatoms. The van der Waals surface area contributed by atoms with E-state index < -0.39 is 0 Å². The number of H-pyrrole nitrogens is 2. The molecule has 1 aliphatic heterocycles. The van der Waals surface area contributed by atoms with E-state index in [0.29, 0.717) is 11.1 Å². The molecule has 0 atom stereocenters. The highest BCUT2D eigenvalue weighted by atomic mass is 16.2. The molecule has 1 fully saturated rings. The van der Waals surface area contributed by atoms with Crippen LogP contribution in [0.25, 0.3) is 22.0 Å². The molecule has 0 unspecified atom stereocenters. The minimum absolute atomic E-state index is 0.117. The number of aromatic amines is 2. The number of hydrogen-bond acceptors (Lipinski definition) is 6. The van der Waals surface area contributed by atoms with Gasteiger partial charge in [0.05, 0.1) is 17.6 Å². The number of carbonyl (C=O) groups excluding carboxylic acids is 1. The number of fused-ring (bicyclic) bond motifs is 1. The number of rotatable bonds is 8. The van der Waals surface area contributed by atoms with Crippen molar-refractivity contribution in [2.75, 3.05) is 31.1 Å². The standard InChI is InChI=1S/C31H39N7O2/c1-6-7-22-14-20(4)34-30(39)26(22)18-38(19(2)3)31(40)25-15-24(16-27-29(25)21(5)35-36-27)23-8-9-28(33-17-23)37-12-10-32-11-13-37/h8-9,14-17,19,32H,6-7,10-13,18H2,1-5H3,(H,34,39)(H,35,36). The molecule has 40 heavy (non-hydrogen) atoms. The lowest BCUT2D eigenvalue weighted by Gasteiger charge is -2.28. The fraction of sp³-hybridized carbons (Fsp3) is 0.419. The lowest BCUT2D eigenvalue weighted by molar-refractivity contribution is 0.0691. The predicted octanol–water partition coefficient (Wildman–Crippen LogP) is 4.34. The number of hydrogen-bond donors (Lipinski definition) is 3. The molecule has 0 aliphatic carbocycles. The second kappa shape index (κ2) is 11.6. The summed E-state index contributed by atoms with van der Waals surface area (Å²) in [7, 11) is 0. The van der Waals surface area contributed by atoms with Crippen molar-refractivity contribution in [2.45, 2.75) is 60.0 Å². The first-order chi connectivity index (χ1) is 19.3. The van der Waals surface area contributed by atoms with Gasteiger partial charge in [0.15, 0.2) is 0 Å². The number of aromatic nitrogens is 4. The van der Waals surface area contributed by atoms with Crippen LogP contribution in [0.1, 0.15) is 60.1 Å². The summed E-state index contributed by atoms with van der Waals surface area (Å²) in [6.07, 6.45) is 3.58. The third-order valence-electron chi connectivity index (χ3n) is 7.68. The topological polar surface area (TPSA) is 110 Å². The summed E-state index contributed by atoms with van der Waals surface area (Å²) in [5.74, 6) is 0.828. The number of piperazine rings is 1. The molecule has 210 valence electrons. The molecule has 4 aromatic rings. The minimum atomic E-state index is -0.129. The number of carbonyl (C=O) groups is 1. The minimum Gasteiger partial charge on any atom is -0.354 e. The van der Waals surface area contributed by atoms with Crippen LogP contribution in [-0.2, 0) is 13.0 Å². The zero-order valence-electron chi connectivity index (χ0n) is 24.1. The van der Waals surface area contributed by atoms with E-state index in [2.05, 4.69) is 38.4 Å². The highest BCUT2D eigenvalue weighted by Crippen LogP contribution is 2.31. The van der Waals surface area contributed by atoms with E-state index in [0.717, 1.165) is 83.8 Å². The lowest BCUT2D eigenvalue weighted by atomic mass is 9.98. The van der Waals surface area contributed by atoms with E-state index in [-0.39, 0.29) is 24.1 Å². The molecule has 0 spiro atoms. The van der Waals surface area contributed by atoms with Crippen LogP contribution in [0.5, 0.6) is 0 Å². The fourth-order valence-electron chi connectivity index (χ4n) is 5.55. The Bertz CT molecular complexity index is 1560. The van der Waals surface area contributed by atoms with Gasteiger partial charge in [-0.15, -0.1) is 0 Å². The Hall–Kier alpha value is -3.98. The van der Waals surface area contributed by atoms with Crippen molar-refractivity contribution >= 4 is 22.6 Å². The smallest absolute Gasteiger partial charge is 0.255 e. The van der Waals surface area contributed by atoms with Gasteiger partial charge in [-0.25, -0.2) is 4.98 Å². The van der Waals surface area contributed by atoms with Gasteiger partial charge in [0.1, 0.15) is 5.82 Å². The Labute approximate surface area is 235 Å². The summed E-state index contributed by atoms with van der Waals surface area (Å²) < 4.78 is 0. The Morgan fingerprint density at radius 3 is 2.55 bits per heavy atom. The lowest BCUT2D eigenvalue weighted by Crippen LogP contribution is -2.43. The Kier molecular flexibility index (Phi) is 8.02. The van der Waals surface area contributed by atoms with E-state index in [1.165, 1.54) is 0 Å². The van der Waals surface area contributed by atoms with Gasteiger partial charge in [-0.2, -0.15) is 5.10 Å². The predicted molar refractivity (Wildman–Crippen MR) is 160 cm³/mol. The van der Waals surface area contributed by atoms with Crippen molar-refractivity contribution in [3.05, 3.63) is 75.0 Å². The summed E-state index contributed by atoms with van der Waals surface area (Å²) in [5, 5.41) is 11.7. The summed E-state index contributed by atoms with van der Waals surface area (Å²) in [6, 6.07) is 9.95. The number of pyridine rings is 2. The molecular weight excluding hydrogens is 502 g/mol. The van der Waals surface area contributed by atoms with Crippen LogP contribution in [0.4, 0.5) is 5.82 Å². The molecular formula is C31H39N7O2. The van der Waals surface area contributed by atoms with Crippen molar-refractivity contribution in [1.29, 1.82) is 0 Å². The van der Waals surface area contributed by atoms with Gasteiger partial charge in [0.2, 0.25) is 0 Å². The third kappa shape index (κ3) is 5.51. The van der Waals surface area contributed by atoms with E-state index in [4.69, 9.17) is 4.98 Å². The maximum atomic E-state index is 14.3. The van der Waals surface area contributed by atoms with Gasteiger partial charge in [-0.3, -0.25) is 14.7 Å². The van der Waals surface area contributed by atoms with Crippen LogP contribution < -0.4 is 15.8 Å². The molecule has 0 bridgehead atoms. The average molecular weight is 542 g/mol. The van der Waals surface area contributed by atoms with Gasteiger partial charge in [-0.1, -0.05) is 13.3 Å². The van der Waals surface area contributed by atoms with Crippen molar-refractivity contribution in [3.8, 4) is 11.1 Å². The number of nitrogens with zero attached hydrogens (tertiary/aromatic N) is 4. The maximum Gasteiger partial charge on any atom is 0.255 e. The summed E-state index contributed by atoms with van der Waals surface area (Å²) in [6.45, 7) is 13.9. The van der Waals surface area contributed by atoms with Crippen LogP contribution >= 0.6 is 0 Å². The molecule has 1 aliphatic rings. The van der Waals surface area contributed by atoms with Crippen molar-refractivity contribution in [3.63, 3.8) is 0 Å². The van der Waals surface area contributed by atoms with Gasteiger partial charge in [-0.05, 0) is 75.6 Å². The molecule has 5 rings (SSSR count). The molecule has 0 radical (unpaired) electrons. The van der Waals surface area contributed by atoms with Crippen molar-refractivity contribution in [1.82, 2.24) is 30.4 Å². The number of aryl methyl sites for hydroxylation is 3. The van der Waals surface area contributed by atoms with E-state index in [9.17, 15) is 9.59 Å². The molecule has 4 heterocycles. The first-order valence-corrected chi connectivity index (χ1v) is 14.2. The molecule has 1 aromatic carbocycles. The highest BCUT2D eigenvalue weighted by Gasteiger charge is 2.26. The van der Waals surface area contributed by atoms with Gasteiger partial charge < -0.3 is 20.1 Å². The van der Waals surface area contributed by atoms with Gasteiger partial charge >= 0.3 is 0 Å². The first kappa shape index (κ1) is 27.6. The van der Waals surface area contributed by atoms with Gasteiger partial charge in [0.25, 0.3) is 11.5 Å². The largest absolute Gasteiger partial charge is 0.354 e. The molecule has 9 nitrogen and oxygen atoms in total. The second-order valence-corrected chi connectivity index (χ2v) is 11.0. The summed E-state index contributed by atoms with van der Waals surface area (Å²) in [5.41, 5.74) is 6.29. The monoisotopic (exact) mass is 541 g/mol. The van der Waals surface area contributed by atoms with E-state index >= 15 is 0 Å². The molecule has 3 N–H and O–H groups in total. The second-order valence-electron chi connectivity index (χ2n) is 11.0. The molecule has 3 aromatic heterocycles. The Morgan fingerprint density at radius 2 is 1.88 bits per heavy atom. The van der Waals surface area contributed by atoms with Gasteiger partial charge in [0, 0.05) is 66.3 Å². The van der Waals surface area contributed by atoms with E-state index in [1.807, 2.05) is 58.2 Å². The Balaban J connectivity index is 1.53. The van der Waals surface area contributed by atoms with Crippen LogP contribution in [0.2, 0.25) is 0 Å². The first-order valence-electron chi connectivity index (χ1n) is 14.2. The van der Waals surface area contributed by atoms with Crippen LogP contribution in [-0.4, -0.2) is 63.2 Å². The van der Waals surface area contributed by atoms with E-state index in [1.54, 1.807) is 4.90 Å². The zero-order chi connectivity index (χ0) is 28.4. The molecule has 0 saturated carbocycles. The Morgan fingerprint density at radius 1 is 1.10 bits per heavy atom. The molecule has 1 saturated heterocycles. The number of benzene rings is 1. The average Bonchev–Trinajstić information content (AvgIpc) is 3.33. The van der Waals surface area contributed by atoms with Crippen LogP contribution in [0.15, 0.2) is 41.3 Å².